The summed E-state index contributed by atoms with van der Waals surface area (Å²) in [6, 6.07) is 3.15. The predicted molar refractivity (Wildman–Crippen MR) is 110 cm³/mol. The van der Waals surface area contributed by atoms with Crippen molar-refractivity contribution in [3.63, 3.8) is 0 Å². The Bertz CT molecular complexity index is 912. The van der Waals surface area contributed by atoms with Gasteiger partial charge in [-0.1, -0.05) is 11.8 Å². The monoisotopic (exact) mass is 427 g/mol. The first-order valence-electron chi connectivity index (χ1n) is 10.5. The Kier molecular flexibility index (Phi) is 5.00. The maximum Gasteiger partial charge on any atom is 0.321 e. The molecule has 4 aliphatic carbocycles. The van der Waals surface area contributed by atoms with Gasteiger partial charge in [0.15, 0.2) is 0 Å². The molecule has 0 saturated heterocycles. The van der Waals surface area contributed by atoms with Crippen LogP contribution >= 0.6 is 11.8 Å². The molecule has 3 amide bonds. The highest BCUT2D eigenvalue weighted by Crippen LogP contribution is 2.55. The van der Waals surface area contributed by atoms with Crippen LogP contribution < -0.4 is 10.6 Å². The molecule has 4 saturated carbocycles. The minimum atomic E-state index is -0.544. The number of amides is 3. The van der Waals surface area contributed by atoms with Gasteiger partial charge in [0, 0.05) is 23.5 Å². The summed E-state index contributed by atoms with van der Waals surface area (Å²) in [7, 11) is 0. The van der Waals surface area contributed by atoms with Crippen molar-refractivity contribution in [3.05, 3.63) is 24.5 Å². The summed E-state index contributed by atoms with van der Waals surface area (Å²) in [5, 5.41) is 13.4. The number of carbonyl (C=O) groups excluding carboxylic acids is 2. The zero-order chi connectivity index (χ0) is 20.7. The predicted octanol–water partition coefficient (Wildman–Crippen LogP) is 3.41. The number of hydrogen-bond donors (Lipinski definition) is 2. The van der Waals surface area contributed by atoms with Crippen molar-refractivity contribution in [1.82, 2.24) is 25.8 Å². The summed E-state index contributed by atoms with van der Waals surface area (Å²) < 4.78 is 5.62. The Morgan fingerprint density at radius 2 is 1.73 bits per heavy atom. The highest BCUT2D eigenvalue weighted by molar-refractivity contribution is 8.00. The first kappa shape index (κ1) is 19.5. The van der Waals surface area contributed by atoms with Gasteiger partial charge in [-0.15, -0.1) is 10.2 Å². The fraction of sp³-hybridized carbons (Fsp3) is 0.571. The number of thioether (sulfide) groups is 1. The van der Waals surface area contributed by atoms with Crippen molar-refractivity contribution >= 4 is 23.7 Å². The van der Waals surface area contributed by atoms with Crippen LogP contribution in [0.15, 0.2) is 34.2 Å². The van der Waals surface area contributed by atoms with Gasteiger partial charge in [-0.25, -0.2) is 4.79 Å². The molecule has 0 aliphatic heterocycles. The fourth-order valence-electron chi connectivity index (χ4n) is 5.82. The van der Waals surface area contributed by atoms with E-state index in [2.05, 4.69) is 25.8 Å². The third kappa shape index (κ3) is 3.95. The number of aromatic nitrogens is 3. The summed E-state index contributed by atoms with van der Waals surface area (Å²) in [6.45, 7) is 1.72. The molecular weight excluding hydrogens is 402 g/mol. The van der Waals surface area contributed by atoms with E-state index in [1.165, 1.54) is 19.3 Å². The number of pyridine rings is 1. The Hall–Kier alpha value is -2.42. The third-order valence-corrected chi connectivity index (χ3v) is 7.57. The second-order valence-corrected chi connectivity index (χ2v) is 10.3. The molecule has 2 aromatic rings. The van der Waals surface area contributed by atoms with Gasteiger partial charge in [0.1, 0.15) is 0 Å². The lowest BCUT2D eigenvalue weighted by Gasteiger charge is -2.56. The van der Waals surface area contributed by atoms with E-state index in [1.54, 1.807) is 31.5 Å². The lowest BCUT2D eigenvalue weighted by molar-refractivity contribution is -0.119. The van der Waals surface area contributed by atoms with Crippen molar-refractivity contribution in [1.29, 1.82) is 0 Å². The van der Waals surface area contributed by atoms with Crippen molar-refractivity contribution in [3.8, 4) is 11.5 Å². The summed E-state index contributed by atoms with van der Waals surface area (Å²) in [5.41, 5.74) is 0.637. The molecule has 2 aromatic heterocycles. The quantitative estimate of drug-likeness (QED) is 0.704. The SMILES string of the molecule is CC(Sc1nnc(-c2ccncc2)o1)C(=O)NC(=O)NC12CC3CC(CC(C3)C1)C2. The van der Waals surface area contributed by atoms with Crippen LogP contribution in [-0.4, -0.2) is 37.9 Å². The van der Waals surface area contributed by atoms with Crippen LogP contribution in [-0.2, 0) is 4.79 Å². The second-order valence-electron chi connectivity index (χ2n) is 9.01. The summed E-state index contributed by atoms with van der Waals surface area (Å²) in [6.07, 6.45) is 10.3. The molecule has 2 N–H and O–H groups in total. The smallest absolute Gasteiger partial charge is 0.321 e. The lowest BCUT2D eigenvalue weighted by Crippen LogP contribution is -2.62. The largest absolute Gasteiger partial charge is 0.411 e. The normalized spacial score (nSPS) is 30.1. The van der Waals surface area contributed by atoms with E-state index >= 15 is 0 Å². The van der Waals surface area contributed by atoms with Crippen LogP contribution in [0.5, 0.6) is 0 Å². The summed E-state index contributed by atoms with van der Waals surface area (Å²) >= 11 is 1.13. The van der Waals surface area contributed by atoms with E-state index in [0.29, 0.717) is 5.89 Å². The Morgan fingerprint density at radius 3 is 2.37 bits per heavy atom. The van der Waals surface area contributed by atoms with Crippen LogP contribution in [0.2, 0.25) is 0 Å². The maximum absolute atomic E-state index is 12.6. The van der Waals surface area contributed by atoms with Crippen LogP contribution in [0.4, 0.5) is 4.79 Å². The second kappa shape index (κ2) is 7.68. The van der Waals surface area contributed by atoms with E-state index < -0.39 is 11.3 Å². The molecule has 1 unspecified atom stereocenters. The van der Waals surface area contributed by atoms with Crippen molar-refractivity contribution < 1.29 is 14.0 Å². The number of hydrogen-bond acceptors (Lipinski definition) is 7. The Balaban J connectivity index is 1.16. The first-order chi connectivity index (χ1) is 14.5. The number of urea groups is 1. The number of imide groups is 1. The van der Waals surface area contributed by atoms with Crippen LogP contribution in [0.1, 0.15) is 45.4 Å². The average molecular weight is 428 g/mol. The molecule has 9 heteroatoms. The molecule has 4 aliphatic rings. The molecule has 30 heavy (non-hydrogen) atoms. The van der Waals surface area contributed by atoms with Crippen molar-refractivity contribution in [2.45, 2.75) is 61.5 Å². The zero-order valence-corrected chi connectivity index (χ0v) is 17.7. The topological polar surface area (TPSA) is 110 Å². The van der Waals surface area contributed by atoms with Gasteiger partial charge in [0.2, 0.25) is 11.8 Å². The molecular formula is C21H25N5O3S. The van der Waals surface area contributed by atoms with Gasteiger partial charge in [-0.05, 0) is 75.3 Å². The van der Waals surface area contributed by atoms with Crippen LogP contribution in [0, 0.1) is 17.8 Å². The third-order valence-electron chi connectivity index (χ3n) is 6.63. The van der Waals surface area contributed by atoms with Gasteiger partial charge in [0.25, 0.3) is 5.22 Å². The van der Waals surface area contributed by atoms with Crippen molar-refractivity contribution in [2.75, 3.05) is 0 Å². The Morgan fingerprint density at radius 1 is 1.10 bits per heavy atom. The summed E-state index contributed by atoms with van der Waals surface area (Å²) in [5.74, 6) is 2.19. The molecule has 158 valence electrons. The van der Waals surface area contributed by atoms with Gasteiger partial charge < -0.3 is 9.73 Å². The highest BCUT2D eigenvalue weighted by atomic mass is 32.2. The average Bonchev–Trinajstić information content (AvgIpc) is 3.15. The minimum Gasteiger partial charge on any atom is -0.411 e. The van der Waals surface area contributed by atoms with Gasteiger partial charge >= 0.3 is 6.03 Å². The van der Waals surface area contributed by atoms with E-state index in [-0.39, 0.29) is 16.7 Å². The van der Waals surface area contributed by atoms with Gasteiger partial charge in [-0.3, -0.25) is 15.1 Å². The Labute approximate surface area is 179 Å². The molecule has 0 spiro atoms. The number of nitrogens with zero attached hydrogens (tertiary/aromatic N) is 3. The maximum atomic E-state index is 12.6. The van der Waals surface area contributed by atoms with E-state index in [9.17, 15) is 9.59 Å². The minimum absolute atomic E-state index is 0.124. The molecule has 8 nitrogen and oxygen atoms in total. The molecule has 4 bridgehead atoms. The number of carbonyl (C=O) groups is 2. The van der Waals surface area contributed by atoms with Crippen LogP contribution in [0.3, 0.4) is 0 Å². The first-order valence-corrected chi connectivity index (χ1v) is 11.4. The standard InChI is InChI=1S/C21H25N5O3S/c1-12(30-20-26-25-18(29-20)16-2-4-22-5-3-16)17(27)23-19(28)24-21-9-13-6-14(10-21)8-15(7-13)11-21/h2-5,12-15H,6-11H2,1H3,(H2,23,24,27,28). The molecule has 4 fully saturated rings. The lowest BCUT2D eigenvalue weighted by atomic mass is 9.53. The fourth-order valence-corrected chi connectivity index (χ4v) is 6.51. The van der Waals surface area contributed by atoms with Gasteiger partial charge in [0.05, 0.1) is 5.25 Å². The van der Waals surface area contributed by atoms with Gasteiger partial charge in [-0.2, -0.15) is 0 Å². The van der Waals surface area contributed by atoms with E-state index in [1.807, 2.05) is 0 Å². The number of rotatable bonds is 5. The number of nitrogens with one attached hydrogen (secondary N) is 2. The molecule has 2 heterocycles. The molecule has 0 radical (unpaired) electrons. The van der Waals surface area contributed by atoms with E-state index in [0.717, 1.165) is 54.3 Å². The molecule has 6 rings (SSSR count). The highest BCUT2D eigenvalue weighted by Gasteiger charge is 2.51. The van der Waals surface area contributed by atoms with Crippen LogP contribution in [0.25, 0.3) is 11.5 Å². The zero-order valence-electron chi connectivity index (χ0n) is 16.8. The van der Waals surface area contributed by atoms with E-state index in [4.69, 9.17) is 4.42 Å². The summed E-state index contributed by atoms with van der Waals surface area (Å²) in [4.78, 5) is 29.1. The molecule has 1 atom stereocenters. The molecule has 0 aromatic carbocycles. The van der Waals surface area contributed by atoms with Crippen molar-refractivity contribution in [2.24, 2.45) is 17.8 Å².